The van der Waals surface area contributed by atoms with Gasteiger partial charge in [-0.1, -0.05) is 0 Å². The Kier molecular flexibility index (Phi) is 2.22. The van der Waals surface area contributed by atoms with Crippen LogP contribution < -0.4 is 10.5 Å². The number of ether oxygens (including phenoxy) is 1. The number of hydrogen-bond donors (Lipinski definition) is 2. The summed E-state index contributed by atoms with van der Waals surface area (Å²) in [6.07, 6.45) is 1.76. The second-order valence-corrected chi connectivity index (χ2v) is 3.99. The van der Waals surface area contributed by atoms with E-state index in [-0.39, 0.29) is 5.89 Å². The molecule has 0 unspecified atom stereocenters. The molecule has 0 fully saturated rings. The number of aryl methyl sites for hydroxylation is 1. The van der Waals surface area contributed by atoms with Crippen molar-refractivity contribution in [3.05, 3.63) is 34.4 Å². The van der Waals surface area contributed by atoms with Gasteiger partial charge < -0.3 is 14.1 Å². The van der Waals surface area contributed by atoms with Gasteiger partial charge in [-0.15, -0.1) is 5.10 Å². The van der Waals surface area contributed by atoms with Gasteiger partial charge in [0.2, 0.25) is 0 Å². The van der Waals surface area contributed by atoms with Crippen molar-refractivity contribution >= 4 is 10.9 Å². The molecule has 6 nitrogen and oxygen atoms in total. The Hall–Kier alpha value is -2.50. The van der Waals surface area contributed by atoms with Crippen LogP contribution in [0.5, 0.6) is 5.75 Å². The first-order chi connectivity index (χ1) is 8.69. The van der Waals surface area contributed by atoms with Crippen molar-refractivity contribution in [3.63, 3.8) is 0 Å². The van der Waals surface area contributed by atoms with Crippen LogP contribution in [0.3, 0.4) is 0 Å². The molecule has 0 aliphatic carbocycles. The number of benzene rings is 1. The molecule has 2 heterocycles. The van der Waals surface area contributed by atoms with Gasteiger partial charge >= 0.3 is 5.76 Å². The van der Waals surface area contributed by atoms with Crippen molar-refractivity contribution in [1.29, 1.82) is 0 Å². The van der Waals surface area contributed by atoms with Crippen LogP contribution in [0.1, 0.15) is 5.56 Å². The Bertz CT molecular complexity index is 766. The summed E-state index contributed by atoms with van der Waals surface area (Å²) in [5, 5.41) is 6.98. The number of rotatable bonds is 2. The number of H-pyrrole nitrogens is 2. The summed E-state index contributed by atoms with van der Waals surface area (Å²) in [4.78, 5) is 14.1. The normalized spacial score (nSPS) is 11.0. The number of aromatic amines is 2. The van der Waals surface area contributed by atoms with E-state index in [2.05, 4.69) is 15.2 Å². The summed E-state index contributed by atoms with van der Waals surface area (Å²) in [6, 6.07) is 3.81. The first kappa shape index (κ1) is 10.6. The Morgan fingerprint density at radius 1 is 1.39 bits per heavy atom. The zero-order valence-corrected chi connectivity index (χ0v) is 9.90. The van der Waals surface area contributed by atoms with Crippen LogP contribution in [-0.2, 0) is 0 Å². The molecule has 18 heavy (non-hydrogen) atoms. The second-order valence-electron chi connectivity index (χ2n) is 3.99. The Morgan fingerprint density at radius 3 is 2.89 bits per heavy atom. The van der Waals surface area contributed by atoms with E-state index in [4.69, 9.17) is 9.15 Å². The Morgan fingerprint density at radius 2 is 2.22 bits per heavy atom. The van der Waals surface area contributed by atoms with E-state index in [1.165, 1.54) is 0 Å². The highest BCUT2D eigenvalue weighted by atomic mass is 16.5. The average Bonchev–Trinajstić information content (AvgIpc) is 2.95. The van der Waals surface area contributed by atoms with E-state index < -0.39 is 5.76 Å². The fraction of sp³-hybridized carbons (Fsp3) is 0.167. The summed E-state index contributed by atoms with van der Waals surface area (Å²) in [5.41, 5.74) is 2.75. The number of methoxy groups -OCH3 is 1. The largest absolute Gasteiger partial charge is 0.497 e. The minimum Gasteiger partial charge on any atom is -0.497 e. The van der Waals surface area contributed by atoms with E-state index in [1.807, 2.05) is 19.1 Å². The van der Waals surface area contributed by atoms with Gasteiger partial charge in [-0.2, -0.15) is 0 Å². The summed E-state index contributed by atoms with van der Waals surface area (Å²) in [7, 11) is 1.61. The molecule has 6 heteroatoms. The van der Waals surface area contributed by atoms with Crippen molar-refractivity contribution in [2.45, 2.75) is 6.92 Å². The predicted octanol–water partition coefficient (Wildman–Crippen LogP) is 1.83. The van der Waals surface area contributed by atoms with Crippen LogP contribution in [0.2, 0.25) is 0 Å². The summed E-state index contributed by atoms with van der Waals surface area (Å²) in [6.45, 7) is 1.98. The van der Waals surface area contributed by atoms with Gasteiger partial charge in [-0.05, 0) is 24.6 Å². The van der Waals surface area contributed by atoms with Gasteiger partial charge in [0.1, 0.15) is 5.75 Å². The maximum absolute atomic E-state index is 11.0. The monoisotopic (exact) mass is 245 g/mol. The third kappa shape index (κ3) is 1.50. The predicted molar refractivity (Wildman–Crippen MR) is 65.7 cm³/mol. The van der Waals surface area contributed by atoms with Crippen LogP contribution in [0.15, 0.2) is 27.5 Å². The molecule has 0 bridgehead atoms. The lowest BCUT2D eigenvalue weighted by Crippen LogP contribution is -1.93. The van der Waals surface area contributed by atoms with Crippen LogP contribution in [-0.4, -0.2) is 22.3 Å². The topological polar surface area (TPSA) is 83.9 Å². The molecule has 92 valence electrons. The van der Waals surface area contributed by atoms with Crippen molar-refractivity contribution in [2.75, 3.05) is 7.11 Å². The second kappa shape index (κ2) is 3.76. The molecule has 0 amide bonds. The first-order valence-corrected chi connectivity index (χ1v) is 5.40. The van der Waals surface area contributed by atoms with Crippen molar-refractivity contribution in [3.8, 4) is 17.2 Å². The number of fused-ring (bicyclic) bond motifs is 1. The van der Waals surface area contributed by atoms with E-state index >= 15 is 0 Å². The maximum Gasteiger partial charge on any atom is 0.434 e. The minimum atomic E-state index is -0.570. The van der Waals surface area contributed by atoms with Crippen molar-refractivity contribution < 1.29 is 9.15 Å². The lowest BCUT2D eigenvalue weighted by Gasteiger charge is -2.03. The molecule has 1 aromatic carbocycles. The third-order valence-electron chi connectivity index (χ3n) is 2.86. The number of nitrogens with zero attached hydrogens (tertiary/aromatic N) is 1. The van der Waals surface area contributed by atoms with Gasteiger partial charge in [0.25, 0.3) is 5.89 Å². The molecule has 0 atom stereocenters. The molecular weight excluding hydrogens is 234 g/mol. The van der Waals surface area contributed by atoms with E-state index in [9.17, 15) is 4.79 Å². The fourth-order valence-corrected chi connectivity index (χ4v) is 2.02. The first-order valence-electron chi connectivity index (χ1n) is 5.40. The lowest BCUT2D eigenvalue weighted by atomic mass is 10.1. The molecule has 0 spiro atoms. The Balaban J connectivity index is 2.30. The standard InChI is InChI=1S/C12H11N3O3/c1-6-3-7(17-2)4-8-9(5-13-10(6)8)11-14-15-12(16)18-11/h3-5,13H,1-2H3,(H,15,16). The highest BCUT2D eigenvalue weighted by Gasteiger charge is 2.13. The summed E-state index contributed by atoms with van der Waals surface area (Å²) >= 11 is 0. The molecule has 2 N–H and O–H groups in total. The van der Waals surface area contributed by atoms with Gasteiger partial charge in [0.15, 0.2) is 0 Å². The lowest BCUT2D eigenvalue weighted by molar-refractivity contribution is 0.415. The highest BCUT2D eigenvalue weighted by molar-refractivity contribution is 5.96. The third-order valence-corrected chi connectivity index (χ3v) is 2.86. The smallest absolute Gasteiger partial charge is 0.434 e. The highest BCUT2D eigenvalue weighted by Crippen LogP contribution is 2.31. The number of nitrogens with one attached hydrogen (secondary N) is 2. The zero-order chi connectivity index (χ0) is 12.7. The molecule has 2 aromatic heterocycles. The van der Waals surface area contributed by atoms with Gasteiger partial charge in [0.05, 0.1) is 12.7 Å². The number of hydrogen-bond acceptors (Lipinski definition) is 4. The molecule has 0 radical (unpaired) electrons. The van der Waals surface area contributed by atoms with Gasteiger partial charge in [-0.3, -0.25) is 0 Å². The summed E-state index contributed by atoms with van der Waals surface area (Å²) < 4.78 is 10.2. The fourth-order valence-electron chi connectivity index (χ4n) is 2.02. The zero-order valence-electron chi connectivity index (χ0n) is 9.90. The minimum absolute atomic E-state index is 0.263. The molecule has 0 saturated heterocycles. The van der Waals surface area contributed by atoms with E-state index in [1.54, 1.807) is 13.3 Å². The Labute approximate surface area is 102 Å². The van der Waals surface area contributed by atoms with E-state index in [0.717, 1.165) is 27.8 Å². The SMILES string of the molecule is COc1cc(C)c2[nH]cc(-c3n[nH]c(=O)o3)c2c1. The van der Waals surface area contributed by atoms with E-state index in [0.29, 0.717) is 0 Å². The van der Waals surface area contributed by atoms with Crippen LogP contribution >= 0.6 is 0 Å². The molecule has 3 rings (SSSR count). The van der Waals surface area contributed by atoms with Crippen LogP contribution in [0, 0.1) is 6.92 Å². The molecule has 0 aliphatic heterocycles. The molecule has 0 aliphatic rings. The molecule has 3 aromatic rings. The summed E-state index contributed by atoms with van der Waals surface area (Å²) in [5.74, 6) is 0.441. The average molecular weight is 245 g/mol. The quantitative estimate of drug-likeness (QED) is 0.721. The number of aromatic nitrogens is 3. The molecular formula is C12H11N3O3. The van der Waals surface area contributed by atoms with Gasteiger partial charge in [0, 0.05) is 17.1 Å². The molecule has 0 saturated carbocycles. The van der Waals surface area contributed by atoms with Crippen LogP contribution in [0.25, 0.3) is 22.4 Å². The van der Waals surface area contributed by atoms with Crippen molar-refractivity contribution in [2.24, 2.45) is 0 Å². The van der Waals surface area contributed by atoms with Gasteiger partial charge in [-0.25, -0.2) is 9.89 Å². The van der Waals surface area contributed by atoms with Crippen LogP contribution in [0.4, 0.5) is 0 Å². The van der Waals surface area contributed by atoms with Crippen molar-refractivity contribution in [1.82, 2.24) is 15.2 Å². The maximum atomic E-state index is 11.0.